The zero-order valence-electron chi connectivity index (χ0n) is 10.9. The average molecular weight is 262 g/mol. The van der Waals surface area contributed by atoms with E-state index in [9.17, 15) is 8.78 Å². The number of hydrazine groups is 1. The second kappa shape index (κ2) is 5.47. The van der Waals surface area contributed by atoms with E-state index in [1.165, 1.54) is 12.1 Å². The smallest absolute Gasteiger partial charge is 0.131 e. The standard InChI is InChI=1S/C15H16F2N2/c1-9-3-5-12(10(2)7-9)15(19-18)13-6-4-11(16)8-14(13)17/h3-8,15,19H,18H2,1-2H3. The third-order valence-electron chi connectivity index (χ3n) is 3.18. The fraction of sp³-hybridized carbons (Fsp3) is 0.200. The number of nitrogens with one attached hydrogen (secondary N) is 1. The molecule has 0 amide bonds. The summed E-state index contributed by atoms with van der Waals surface area (Å²) in [6, 6.07) is 8.85. The molecule has 0 aliphatic carbocycles. The number of nitrogens with two attached hydrogens (primary N) is 1. The second-order valence-corrected chi connectivity index (χ2v) is 4.63. The summed E-state index contributed by atoms with van der Waals surface area (Å²) < 4.78 is 26.8. The van der Waals surface area contributed by atoms with Crippen LogP contribution in [-0.4, -0.2) is 0 Å². The highest BCUT2D eigenvalue weighted by Gasteiger charge is 2.18. The van der Waals surface area contributed by atoms with Crippen LogP contribution < -0.4 is 11.3 Å². The van der Waals surface area contributed by atoms with Crippen molar-refractivity contribution in [3.05, 3.63) is 70.3 Å². The van der Waals surface area contributed by atoms with Crippen LogP contribution in [0.4, 0.5) is 8.78 Å². The average Bonchev–Trinajstić information content (AvgIpc) is 2.34. The Morgan fingerprint density at radius 3 is 2.26 bits per heavy atom. The van der Waals surface area contributed by atoms with Crippen LogP contribution in [0.3, 0.4) is 0 Å². The van der Waals surface area contributed by atoms with Crippen LogP contribution in [0.1, 0.15) is 28.3 Å². The molecule has 3 N–H and O–H groups in total. The van der Waals surface area contributed by atoms with E-state index in [4.69, 9.17) is 5.84 Å². The number of aryl methyl sites for hydroxylation is 2. The van der Waals surface area contributed by atoms with Crippen LogP contribution in [-0.2, 0) is 0 Å². The molecule has 19 heavy (non-hydrogen) atoms. The first-order valence-corrected chi connectivity index (χ1v) is 6.01. The number of benzene rings is 2. The van der Waals surface area contributed by atoms with Gasteiger partial charge in [-0.05, 0) is 31.0 Å². The van der Waals surface area contributed by atoms with Gasteiger partial charge in [-0.1, -0.05) is 29.8 Å². The van der Waals surface area contributed by atoms with Crippen LogP contribution in [0.15, 0.2) is 36.4 Å². The van der Waals surface area contributed by atoms with E-state index in [0.717, 1.165) is 22.8 Å². The lowest BCUT2D eigenvalue weighted by Gasteiger charge is -2.20. The Morgan fingerprint density at radius 1 is 1.00 bits per heavy atom. The lowest BCUT2D eigenvalue weighted by Crippen LogP contribution is -2.30. The molecule has 2 aromatic rings. The van der Waals surface area contributed by atoms with Crippen molar-refractivity contribution in [1.29, 1.82) is 0 Å². The summed E-state index contributed by atoms with van der Waals surface area (Å²) in [4.78, 5) is 0. The second-order valence-electron chi connectivity index (χ2n) is 4.63. The van der Waals surface area contributed by atoms with Crippen molar-refractivity contribution in [2.24, 2.45) is 5.84 Å². The molecule has 0 spiro atoms. The predicted molar refractivity (Wildman–Crippen MR) is 71.4 cm³/mol. The van der Waals surface area contributed by atoms with Crippen LogP contribution in [0.2, 0.25) is 0 Å². The van der Waals surface area contributed by atoms with Crippen LogP contribution in [0.5, 0.6) is 0 Å². The maximum atomic E-state index is 13.8. The molecular weight excluding hydrogens is 246 g/mol. The van der Waals surface area contributed by atoms with E-state index in [2.05, 4.69) is 5.43 Å². The van der Waals surface area contributed by atoms with Crippen molar-refractivity contribution < 1.29 is 8.78 Å². The molecule has 0 saturated carbocycles. The molecule has 4 heteroatoms. The third-order valence-corrected chi connectivity index (χ3v) is 3.18. The van der Waals surface area contributed by atoms with Gasteiger partial charge in [-0.3, -0.25) is 5.84 Å². The van der Waals surface area contributed by atoms with Gasteiger partial charge in [0.2, 0.25) is 0 Å². The van der Waals surface area contributed by atoms with Gasteiger partial charge in [-0.25, -0.2) is 14.2 Å². The topological polar surface area (TPSA) is 38.0 Å². The fourth-order valence-corrected chi connectivity index (χ4v) is 2.23. The summed E-state index contributed by atoms with van der Waals surface area (Å²) in [6.45, 7) is 3.92. The van der Waals surface area contributed by atoms with E-state index >= 15 is 0 Å². The predicted octanol–water partition coefficient (Wildman–Crippen LogP) is 3.13. The summed E-state index contributed by atoms with van der Waals surface area (Å²) >= 11 is 0. The molecule has 2 nitrogen and oxygen atoms in total. The number of hydrogen-bond acceptors (Lipinski definition) is 2. The Bertz CT molecular complexity index is 545. The monoisotopic (exact) mass is 262 g/mol. The highest BCUT2D eigenvalue weighted by atomic mass is 19.1. The molecule has 0 heterocycles. The highest BCUT2D eigenvalue weighted by molar-refractivity contribution is 5.39. The van der Waals surface area contributed by atoms with E-state index in [1.54, 1.807) is 0 Å². The van der Waals surface area contributed by atoms with Gasteiger partial charge in [0.05, 0.1) is 6.04 Å². The Hall–Kier alpha value is -1.78. The van der Waals surface area contributed by atoms with E-state index in [-0.39, 0.29) is 0 Å². The summed E-state index contributed by atoms with van der Waals surface area (Å²) in [5, 5.41) is 0. The van der Waals surface area contributed by atoms with Gasteiger partial charge < -0.3 is 0 Å². The van der Waals surface area contributed by atoms with Gasteiger partial charge in [0.15, 0.2) is 0 Å². The van der Waals surface area contributed by atoms with Crippen LogP contribution in [0.25, 0.3) is 0 Å². The zero-order chi connectivity index (χ0) is 14.0. The number of hydrogen-bond donors (Lipinski definition) is 2. The SMILES string of the molecule is Cc1ccc(C(NN)c2ccc(F)cc2F)c(C)c1. The molecule has 0 aliphatic heterocycles. The number of halogens is 2. The first-order chi connectivity index (χ1) is 9.02. The molecule has 0 fully saturated rings. The van der Waals surface area contributed by atoms with E-state index in [1.807, 2.05) is 32.0 Å². The van der Waals surface area contributed by atoms with Crippen LogP contribution >= 0.6 is 0 Å². The Balaban J connectivity index is 2.50. The van der Waals surface area contributed by atoms with E-state index < -0.39 is 17.7 Å². The van der Waals surface area contributed by atoms with Gasteiger partial charge >= 0.3 is 0 Å². The van der Waals surface area contributed by atoms with Gasteiger partial charge in [0, 0.05) is 11.6 Å². The molecule has 100 valence electrons. The fourth-order valence-electron chi connectivity index (χ4n) is 2.23. The molecule has 1 unspecified atom stereocenters. The molecule has 0 aliphatic rings. The van der Waals surface area contributed by atoms with Crippen molar-refractivity contribution in [1.82, 2.24) is 5.43 Å². The van der Waals surface area contributed by atoms with Crippen molar-refractivity contribution in [2.75, 3.05) is 0 Å². The summed E-state index contributed by atoms with van der Waals surface area (Å²) in [7, 11) is 0. The van der Waals surface area contributed by atoms with Gasteiger partial charge in [-0.15, -0.1) is 0 Å². The molecule has 0 aromatic heterocycles. The summed E-state index contributed by atoms with van der Waals surface area (Å²) in [5.41, 5.74) is 5.92. The first-order valence-electron chi connectivity index (χ1n) is 6.01. The molecule has 0 bridgehead atoms. The summed E-state index contributed by atoms with van der Waals surface area (Å²) in [6.07, 6.45) is 0. The molecule has 2 rings (SSSR count). The maximum Gasteiger partial charge on any atom is 0.131 e. The first kappa shape index (κ1) is 13.6. The lowest BCUT2D eigenvalue weighted by atomic mass is 9.94. The molecule has 2 aromatic carbocycles. The van der Waals surface area contributed by atoms with Crippen molar-refractivity contribution in [2.45, 2.75) is 19.9 Å². The number of rotatable bonds is 3. The zero-order valence-corrected chi connectivity index (χ0v) is 10.9. The van der Waals surface area contributed by atoms with Gasteiger partial charge in [0.1, 0.15) is 11.6 Å². The normalized spacial score (nSPS) is 12.5. The van der Waals surface area contributed by atoms with Gasteiger partial charge in [-0.2, -0.15) is 0 Å². The molecule has 1 atom stereocenters. The minimum Gasteiger partial charge on any atom is -0.271 e. The minimum absolute atomic E-state index is 0.329. The van der Waals surface area contributed by atoms with Crippen molar-refractivity contribution >= 4 is 0 Å². The molecule has 0 saturated heterocycles. The Kier molecular flexibility index (Phi) is 3.93. The maximum absolute atomic E-state index is 13.8. The lowest BCUT2D eigenvalue weighted by molar-refractivity contribution is 0.540. The van der Waals surface area contributed by atoms with Crippen molar-refractivity contribution in [3.63, 3.8) is 0 Å². The quantitative estimate of drug-likeness (QED) is 0.658. The van der Waals surface area contributed by atoms with Crippen molar-refractivity contribution in [3.8, 4) is 0 Å². The Labute approximate surface area is 111 Å². The third kappa shape index (κ3) is 2.80. The summed E-state index contributed by atoms with van der Waals surface area (Å²) in [5.74, 6) is 4.33. The largest absolute Gasteiger partial charge is 0.271 e. The molecular formula is C15H16F2N2. The minimum atomic E-state index is -0.608. The van der Waals surface area contributed by atoms with Gasteiger partial charge in [0.25, 0.3) is 0 Å². The van der Waals surface area contributed by atoms with Crippen LogP contribution in [0, 0.1) is 25.5 Å². The Morgan fingerprint density at radius 2 is 1.68 bits per heavy atom. The molecule has 0 radical (unpaired) electrons. The highest BCUT2D eigenvalue weighted by Crippen LogP contribution is 2.27. The van der Waals surface area contributed by atoms with E-state index in [0.29, 0.717) is 5.56 Å².